The van der Waals surface area contributed by atoms with Gasteiger partial charge in [-0.1, -0.05) is 12.2 Å². The number of halogens is 2. The van der Waals surface area contributed by atoms with Gasteiger partial charge in [0.25, 0.3) is 0 Å². The van der Waals surface area contributed by atoms with Gasteiger partial charge < -0.3 is 4.74 Å². The topological polar surface area (TPSA) is 12.5 Å². The van der Waals surface area contributed by atoms with E-state index >= 15 is 0 Å². The first-order valence-corrected chi connectivity index (χ1v) is 6.07. The predicted molar refractivity (Wildman–Crippen MR) is 55.6 cm³/mol. The van der Waals surface area contributed by atoms with Gasteiger partial charge in [0.15, 0.2) is 0 Å². The summed E-state index contributed by atoms with van der Waals surface area (Å²) in [6.45, 7) is 0. The van der Waals surface area contributed by atoms with Gasteiger partial charge in [-0.05, 0) is 25.7 Å². The van der Waals surface area contributed by atoms with Crippen LogP contribution in [0, 0.1) is 10.8 Å². The van der Waals surface area contributed by atoms with E-state index in [-0.39, 0.29) is 10.8 Å². The van der Waals surface area contributed by atoms with Crippen LogP contribution in [0.4, 0.5) is 0 Å². The summed E-state index contributed by atoms with van der Waals surface area (Å²) in [6.07, 6.45) is 9.67. The summed E-state index contributed by atoms with van der Waals surface area (Å²) < 4.78 is 5.12. The molecule has 0 bridgehead atoms. The molecule has 4 rings (SSSR count). The molecule has 2 saturated carbocycles. The lowest BCUT2D eigenvalue weighted by atomic mass is 9.73. The summed E-state index contributed by atoms with van der Waals surface area (Å²) in [5.74, 6) is 0. The van der Waals surface area contributed by atoms with Crippen molar-refractivity contribution in [2.75, 3.05) is 0 Å². The van der Waals surface area contributed by atoms with Crippen LogP contribution in [-0.2, 0) is 4.74 Å². The number of rotatable bonds is 0. The van der Waals surface area contributed by atoms with Crippen LogP contribution < -0.4 is 0 Å². The summed E-state index contributed by atoms with van der Waals surface area (Å²) in [4.78, 5) is 0. The number of fused-ring (bicyclic) bond motifs is 1. The van der Waals surface area contributed by atoms with Crippen LogP contribution in [0.1, 0.15) is 25.7 Å². The van der Waals surface area contributed by atoms with E-state index in [4.69, 9.17) is 27.9 Å². The molecule has 1 saturated heterocycles. The van der Waals surface area contributed by atoms with Crippen molar-refractivity contribution in [3.8, 4) is 0 Å². The Morgan fingerprint density at radius 1 is 1.00 bits per heavy atom. The molecule has 1 heterocycles. The first-order valence-electron chi connectivity index (χ1n) is 5.31. The molecule has 0 aromatic heterocycles. The van der Waals surface area contributed by atoms with Gasteiger partial charge in [-0.15, -0.1) is 23.2 Å². The van der Waals surface area contributed by atoms with Crippen molar-refractivity contribution in [3.05, 3.63) is 12.2 Å². The van der Waals surface area contributed by atoms with Gasteiger partial charge in [0.1, 0.15) is 4.33 Å². The summed E-state index contributed by atoms with van der Waals surface area (Å²) in [5, 5.41) is 0. The van der Waals surface area contributed by atoms with Gasteiger partial charge in [-0.3, -0.25) is 0 Å². The van der Waals surface area contributed by atoms with E-state index in [2.05, 4.69) is 12.2 Å². The molecule has 3 heteroatoms. The summed E-state index contributed by atoms with van der Waals surface area (Å²) in [7, 11) is 0. The first kappa shape index (κ1) is 8.43. The van der Waals surface area contributed by atoms with Gasteiger partial charge in [0.2, 0.25) is 0 Å². The molecule has 0 unspecified atom stereocenters. The Morgan fingerprint density at radius 3 is 2.00 bits per heavy atom. The zero-order valence-corrected chi connectivity index (χ0v) is 9.31. The number of ether oxygens (including phenoxy) is 1. The van der Waals surface area contributed by atoms with Gasteiger partial charge in [-0.25, -0.2) is 0 Å². The van der Waals surface area contributed by atoms with Crippen molar-refractivity contribution in [1.29, 1.82) is 0 Å². The molecular formula is C11H12Cl2O. The number of allylic oxidation sites excluding steroid dienone is 2. The Morgan fingerprint density at radius 2 is 1.50 bits per heavy atom. The van der Waals surface area contributed by atoms with E-state index in [0.717, 1.165) is 25.7 Å². The highest BCUT2D eigenvalue weighted by Crippen LogP contribution is 2.88. The van der Waals surface area contributed by atoms with Crippen molar-refractivity contribution >= 4 is 23.2 Å². The standard InChI is InChI=1S/C11H12Cl2O/c12-11(13)9-3-1-2-4-10(9,11)6-8-7(5-9)14-8/h1-2,7-8H,3-6H2/t7-,8+,9-,10+. The van der Waals surface area contributed by atoms with E-state index < -0.39 is 4.33 Å². The number of epoxide rings is 1. The van der Waals surface area contributed by atoms with E-state index in [0.29, 0.717) is 12.2 Å². The molecule has 0 aromatic carbocycles. The van der Waals surface area contributed by atoms with Crippen molar-refractivity contribution in [1.82, 2.24) is 0 Å². The van der Waals surface area contributed by atoms with Crippen LogP contribution >= 0.6 is 23.2 Å². The van der Waals surface area contributed by atoms with Crippen molar-refractivity contribution < 1.29 is 4.74 Å². The zero-order chi connectivity index (χ0) is 9.60. The fraction of sp³-hybridized carbons (Fsp3) is 0.818. The predicted octanol–water partition coefficient (Wildman–Crippen LogP) is 3.06. The minimum absolute atomic E-state index is 0.148. The third-order valence-electron chi connectivity index (χ3n) is 4.94. The fourth-order valence-corrected chi connectivity index (χ4v) is 5.24. The Balaban J connectivity index is 1.84. The Hall–Kier alpha value is 0.280. The van der Waals surface area contributed by atoms with Crippen LogP contribution in [0.3, 0.4) is 0 Å². The number of alkyl halides is 2. The Bertz CT molecular complexity index is 321. The molecule has 0 N–H and O–H groups in total. The van der Waals surface area contributed by atoms with E-state index in [1.165, 1.54) is 0 Å². The molecule has 14 heavy (non-hydrogen) atoms. The second-order valence-corrected chi connectivity index (χ2v) is 6.57. The van der Waals surface area contributed by atoms with E-state index in [1.54, 1.807) is 0 Å². The Kier molecular flexibility index (Phi) is 1.23. The van der Waals surface area contributed by atoms with Gasteiger partial charge in [-0.2, -0.15) is 0 Å². The molecule has 0 amide bonds. The maximum absolute atomic E-state index is 6.52. The summed E-state index contributed by atoms with van der Waals surface area (Å²) in [6, 6.07) is 0. The number of hydrogen-bond acceptors (Lipinski definition) is 1. The molecule has 3 fully saturated rings. The third-order valence-corrected chi connectivity index (χ3v) is 6.39. The normalized spacial score (nSPS) is 61.0. The lowest BCUT2D eigenvalue weighted by Gasteiger charge is -2.27. The molecule has 0 radical (unpaired) electrons. The Labute approximate surface area is 93.4 Å². The zero-order valence-electron chi connectivity index (χ0n) is 7.80. The third kappa shape index (κ3) is 0.618. The highest BCUT2D eigenvalue weighted by molar-refractivity contribution is 6.52. The fourth-order valence-electron chi connectivity index (χ4n) is 4.00. The van der Waals surface area contributed by atoms with Crippen molar-refractivity contribution in [2.24, 2.45) is 10.8 Å². The SMILES string of the molecule is ClC1(Cl)[C@@]23CC=CC[C@@]12C[C@@H]1O[C@@H]1C3. The molecule has 0 spiro atoms. The second-order valence-electron chi connectivity index (χ2n) is 5.24. The smallest absolute Gasteiger partial charge is 0.131 e. The molecule has 4 aliphatic rings. The van der Waals surface area contributed by atoms with Gasteiger partial charge in [0, 0.05) is 10.8 Å². The molecule has 0 aromatic rings. The molecule has 3 aliphatic carbocycles. The van der Waals surface area contributed by atoms with E-state index in [1.807, 2.05) is 0 Å². The first-order chi connectivity index (χ1) is 6.63. The largest absolute Gasteiger partial charge is 0.370 e. The van der Waals surface area contributed by atoms with Crippen molar-refractivity contribution in [2.45, 2.75) is 42.2 Å². The lowest BCUT2D eigenvalue weighted by Crippen LogP contribution is -2.25. The van der Waals surface area contributed by atoms with Gasteiger partial charge in [0.05, 0.1) is 12.2 Å². The molecule has 76 valence electrons. The van der Waals surface area contributed by atoms with Crippen LogP contribution in [-0.4, -0.2) is 16.5 Å². The average molecular weight is 231 g/mol. The summed E-state index contributed by atoms with van der Waals surface area (Å²) >= 11 is 13.0. The van der Waals surface area contributed by atoms with Crippen molar-refractivity contribution in [3.63, 3.8) is 0 Å². The lowest BCUT2D eigenvalue weighted by molar-refractivity contribution is 0.258. The minimum atomic E-state index is -0.486. The molecular weight excluding hydrogens is 219 g/mol. The maximum atomic E-state index is 6.52. The summed E-state index contributed by atoms with van der Waals surface area (Å²) in [5.41, 5.74) is 0.297. The monoisotopic (exact) mass is 230 g/mol. The number of hydrogen-bond donors (Lipinski definition) is 0. The minimum Gasteiger partial charge on any atom is -0.370 e. The quantitative estimate of drug-likeness (QED) is 0.354. The molecule has 1 nitrogen and oxygen atoms in total. The maximum Gasteiger partial charge on any atom is 0.131 e. The van der Waals surface area contributed by atoms with Crippen LogP contribution in [0.15, 0.2) is 12.2 Å². The average Bonchev–Trinajstić information content (AvgIpc) is 2.98. The highest BCUT2D eigenvalue weighted by atomic mass is 35.5. The second kappa shape index (κ2) is 2.05. The van der Waals surface area contributed by atoms with Crippen LogP contribution in [0.5, 0.6) is 0 Å². The molecule has 4 atom stereocenters. The van der Waals surface area contributed by atoms with Crippen LogP contribution in [0.2, 0.25) is 0 Å². The highest BCUT2D eigenvalue weighted by Gasteiger charge is 2.88. The van der Waals surface area contributed by atoms with E-state index in [9.17, 15) is 0 Å². The van der Waals surface area contributed by atoms with Crippen LogP contribution in [0.25, 0.3) is 0 Å². The molecule has 1 aliphatic heterocycles. The van der Waals surface area contributed by atoms with Gasteiger partial charge >= 0.3 is 0 Å².